The molecule has 1 atom stereocenters. The van der Waals surface area contributed by atoms with Crippen molar-refractivity contribution in [3.63, 3.8) is 0 Å². The fourth-order valence-electron chi connectivity index (χ4n) is 1.59. The molecular formula is C11H15F2N3O4. The second kappa shape index (κ2) is 6.94. The van der Waals surface area contributed by atoms with Crippen molar-refractivity contribution in [1.82, 2.24) is 9.88 Å². The standard InChI is InChI=1S/C11H15F2N3O4/c1-2-3-15-6-7(16(19)20)4-8(15)11(18)14-5-9(17)10(12)13/h4,6,9-10,17H,2-3,5H2,1H3,(H,14,18). The van der Waals surface area contributed by atoms with Crippen molar-refractivity contribution in [3.05, 3.63) is 28.1 Å². The molecule has 0 aliphatic carbocycles. The third kappa shape index (κ3) is 3.98. The number of aromatic nitrogens is 1. The lowest BCUT2D eigenvalue weighted by molar-refractivity contribution is -0.384. The highest BCUT2D eigenvalue weighted by molar-refractivity contribution is 5.93. The highest BCUT2D eigenvalue weighted by Crippen LogP contribution is 2.17. The van der Waals surface area contributed by atoms with Gasteiger partial charge in [0.1, 0.15) is 11.8 Å². The van der Waals surface area contributed by atoms with E-state index < -0.39 is 29.9 Å². The van der Waals surface area contributed by atoms with Gasteiger partial charge in [0.15, 0.2) is 0 Å². The normalized spacial score (nSPS) is 12.4. The van der Waals surface area contributed by atoms with Crippen molar-refractivity contribution in [2.45, 2.75) is 32.4 Å². The summed E-state index contributed by atoms with van der Waals surface area (Å²) in [5.41, 5.74) is -0.252. The van der Waals surface area contributed by atoms with Crippen LogP contribution in [0.4, 0.5) is 14.5 Å². The van der Waals surface area contributed by atoms with Crippen LogP contribution >= 0.6 is 0 Å². The highest BCUT2D eigenvalue weighted by atomic mass is 19.3. The van der Waals surface area contributed by atoms with Crippen LogP contribution in [0.2, 0.25) is 0 Å². The molecule has 1 rings (SSSR count). The Hall–Kier alpha value is -2.03. The third-order valence-corrected chi connectivity index (χ3v) is 2.55. The molecule has 0 fully saturated rings. The minimum atomic E-state index is -2.97. The minimum absolute atomic E-state index is 0.0000151. The van der Waals surface area contributed by atoms with Crippen molar-refractivity contribution in [1.29, 1.82) is 0 Å². The van der Waals surface area contributed by atoms with Crippen LogP contribution in [0.15, 0.2) is 12.3 Å². The number of rotatable bonds is 7. The third-order valence-electron chi connectivity index (χ3n) is 2.55. The molecule has 0 aliphatic heterocycles. The number of alkyl halides is 2. The number of hydrogen-bond donors (Lipinski definition) is 2. The Bertz CT molecular complexity index is 490. The van der Waals surface area contributed by atoms with Gasteiger partial charge in [-0.15, -0.1) is 0 Å². The van der Waals surface area contributed by atoms with Crippen LogP contribution in [-0.2, 0) is 6.54 Å². The largest absolute Gasteiger partial charge is 0.385 e. The molecule has 1 aromatic rings. The first-order valence-corrected chi connectivity index (χ1v) is 5.95. The molecule has 0 radical (unpaired) electrons. The van der Waals surface area contributed by atoms with E-state index in [1.54, 1.807) is 0 Å². The number of amides is 1. The fraction of sp³-hybridized carbons (Fsp3) is 0.545. The van der Waals surface area contributed by atoms with Gasteiger partial charge < -0.3 is 15.0 Å². The van der Waals surface area contributed by atoms with Gasteiger partial charge in [-0.05, 0) is 6.42 Å². The Labute approximate surface area is 113 Å². The average molecular weight is 291 g/mol. The van der Waals surface area contributed by atoms with Crippen LogP contribution < -0.4 is 5.32 Å². The molecule has 9 heteroatoms. The van der Waals surface area contributed by atoms with Crippen LogP contribution in [0, 0.1) is 10.1 Å². The van der Waals surface area contributed by atoms with Gasteiger partial charge in [0.05, 0.1) is 11.1 Å². The van der Waals surface area contributed by atoms with Gasteiger partial charge in [0.2, 0.25) is 0 Å². The maximum atomic E-state index is 12.1. The van der Waals surface area contributed by atoms with Gasteiger partial charge in [0, 0.05) is 19.2 Å². The molecule has 1 heterocycles. The van der Waals surface area contributed by atoms with Crippen molar-refractivity contribution in [3.8, 4) is 0 Å². The zero-order valence-corrected chi connectivity index (χ0v) is 10.8. The van der Waals surface area contributed by atoms with E-state index in [4.69, 9.17) is 5.11 Å². The van der Waals surface area contributed by atoms with E-state index in [-0.39, 0.29) is 11.4 Å². The molecule has 0 aliphatic rings. The van der Waals surface area contributed by atoms with Crippen molar-refractivity contribution >= 4 is 11.6 Å². The number of hydrogen-bond acceptors (Lipinski definition) is 4. The summed E-state index contributed by atoms with van der Waals surface area (Å²) in [5.74, 6) is -0.744. The topological polar surface area (TPSA) is 97.4 Å². The molecule has 0 spiro atoms. The van der Waals surface area contributed by atoms with Crippen LogP contribution in [0.5, 0.6) is 0 Å². The molecular weight excluding hydrogens is 276 g/mol. The summed E-state index contributed by atoms with van der Waals surface area (Å²) in [4.78, 5) is 21.8. The molecule has 0 bridgehead atoms. The molecule has 2 N–H and O–H groups in total. The van der Waals surface area contributed by atoms with Crippen LogP contribution in [-0.4, -0.2) is 39.6 Å². The molecule has 7 nitrogen and oxygen atoms in total. The van der Waals surface area contributed by atoms with Gasteiger partial charge in [-0.1, -0.05) is 6.92 Å². The summed E-state index contributed by atoms with van der Waals surface area (Å²) in [6.45, 7) is 1.59. The monoisotopic (exact) mass is 291 g/mol. The van der Waals surface area contributed by atoms with Gasteiger partial charge in [-0.25, -0.2) is 8.78 Å². The van der Waals surface area contributed by atoms with Crippen LogP contribution in [0.1, 0.15) is 23.8 Å². The second-order valence-corrected chi connectivity index (χ2v) is 4.15. The van der Waals surface area contributed by atoms with Crippen LogP contribution in [0.3, 0.4) is 0 Å². The van der Waals surface area contributed by atoms with Crippen LogP contribution in [0.25, 0.3) is 0 Å². The number of aliphatic hydroxyl groups excluding tert-OH is 1. The molecule has 1 aromatic heterocycles. The maximum Gasteiger partial charge on any atom is 0.287 e. The Morgan fingerprint density at radius 2 is 2.25 bits per heavy atom. The summed E-state index contributed by atoms with van der Waals surface area (Å²) in [7, 11) is 0. The van der Waals surface area contributed by atoms with Gasteiger partial charge >= 0.3 is 0 Å². The number of halogens is 2. The molecule has 0 aromatic carbocycles. The number of carbonyl (C=O) groups excluding carboxylic acids is 1. The Kier molecular flexibility index (Phi) is 5.56. The van der Waals surface area contributed by atoms with E-state index in [1.165, 1.54) is 10.8 Å². The molecule has 1 amide bonds. The first kappa shape index (κ1) is 16.0. The predicted octanol–water partition coefficient (Wildman–Crippen LogP) is 1.16. The number of nitrogens with zero attached hydrogens (tertiary/aromatic N) is 2. The number of aryl methyl sites for hydroxylation is 1. The molecule has 0 saturated carbocycles. The quantitative estimate of drug-likeness (QED) is 0.582. The fourth-order valence-corrected chi connectivity index (χ4v) is 1.59. The first-order valence-electron chi connectivity index (χ1n) is 5.95. The van der Waals surface area contributed by atoms with E-state index in [2.05, 4.69) is 5.32 Å². The van der Waals surface area contributed by atoms with Crippen molar-refractivity contribution in [2.75, 3.05) is 6.54 Å². The Morgan fingerprint density at radius 3 is 2.75 bits per heavy atom. The lowest BCUT2D eigenvalue weighted by atomic mass is 10.3. The number of nitrogens with one attached hydrogen (secondary N) is 1. The first-order chi connectivity index (χ1) is 9.36. The summed E-state index contributed by atoms with van der Waals surface area (Å²) in [6, 6.07) is 1.07. The Morgan fingerprint density at radius 1 is 1.60 bits per heavy atom. The van der Waals surface area contributed by atoms with E-state index >= 15 is 0 Å². The second-order valence-electron chi connectivity index (χ2n) is 4.15. The van der Waals surface area contributed by atoms with E-state index in [0.29, 0.717) is 13.0 Å². The average Bonchev–Trinajstić information content (AvgIpc) is 2.80. The zero-order valence-electron chi connectivity index (χ0n) is 10.8. The van der Waals surface area contributed by atoms with E-state index in [1.807, 2.05) is 6.92 Å². The van der Waals surface area contributed by atoms with Crippen molar-refractivity contribution in [2.24, 2.45) is 0 Å². The summed E-state index contributed by atoms with van der Waals surface area (Å²) in [5, 5.41) is 21.7. The lowest BCUT2D eigenvalue weighted by Gasteiger charge is -2.11. The maximum absolute atomic E-state index is 12.1. The zero-order chi connectivity index (χ0) is 15.3. The SMILES string of the molecule is CCCn1cc([N+](=O)[O-])cc1C(=O)NCC(O)C(F)F. The van der Waals surface area contributed by atoms with E-state index in [0.717, 1.165) is 6.07 Å². The summed E-state index contributed by atoms with van der Waals surface area (Å²) >= 11 is 0. The predicted molar refractivity (Wildman–Crippen MR) is 65.7 cm³/mol. The number of nitro groups is 1. The Balaban J connectivity index is 2.82. The smallest absolute Gasteiger partial charge is 0.287 e. The molecule has 112 valence electrons. The van der Waals surface area contributed by atoms with Gasteiger partial charge in [-0.2, -0.15) is 0 Å². The summed E-state index contributed by atoms with van der Waals surface area (Å²) in [6.07, 6.45) is -3.08. The number of aliphatic hydroxyl groups is 1. The minimum Gasteiger partial charge on any atom is -0.385 e. The van der Waals surface area contributed by atoms with Crippen molar-refractivity contribution < 1.29 is 23.6 Å². The highest BCUT2D eigenvalue weighted by Gasteiger charge is 2.21. The lowest BCUT2D eigenvalue weighted by Crippen LogP contribution is -2.36. The molecule has 0 saturated heterocycles. The molecule has 20 heavy (non-hydrogen) atoms. The van der Waals surface area contributed by atoms with E-state index in [9.17, 15) is 23.7 Å². The van der Waals surface area contributed by atoms with Gasteiger partial charge in [0.25, 0.3) is 18.0 Å². The summed E-state index contributed by atoms with van der Waals surface area (Å²) < 4.78 is 25.6. The number of carbonyl (C=O) groups is 1. The van der Waals surface area contributed by atoms with Gasteiger partial charge in [-0.3, -0.25) is 14.9 Å². The molecule has 1 unspecified atom stereocenters.